The Morgan fingerprint density at radius 1 is 1.62 bits per heavy atom. The Morgan fingerprint density at radius 2 is 2.31 bits per heavy atom. The molecule has 1 unspecified atom stereocenters. The third-order valence-corrected chi connectivity index (χ3v) is 3.11. The van der Waals surface area contributed by atoms with Gasteiger partial charge in [-0.15, -0.1) is 0 Å². The molecular formula is C12H16O4. The molecule has 0 spiro atoms. The molecule has 0 saturated heterocycles. The maximum absolute atomic E-state index is 10.7. The van der Waals surface area contributed by atoms with Crippen LogP contribution in [-0.4, -0.2) is 16.2 Å². The second kappa shape index (κ2) is 3.63. The highest BCUT2D eigenvalue weighted by Gasteiger charge is 2.41. The van der Waals surface area contributed by atoms with Gasteiger partial charge in [0.15, 0.2) is 0 Å². The molecule has 16 heavy (non-hydrogen) atoms. The third-order valence-electron chi connectivity index (χ3n) is 3.11. The number of fused-ring (bicyclic) bond motifs is 1. The number of carboxylic acid groups (broad SMARTS) is 1. The second-order valence-corrected chi connectivity index (χ2v) is 4.74. The molecule has 1 aromatic heterocycles. The van der Waals surface area contributed by atoms with Gasteiger partial charge in [-0.1, -0.05) is 13.8 Å². The molecule has 1 aromatic rings. The van der Waals surface area contributed by atoms with Gasteiger partial charge < -0.3 is 14.6 Å². The van der Waals surface area contributed by atoms with Crippen molar-refractivity contribution in [3.8, 4) is 0 Å². The van der Waals surface area contributed by atoms with Crippen molar-refractivity contribution in [3.05, 3.63) is 23.2 Å². The first kappa shape index (κ1) is 11.2. The van der Waals surface area contributed by atoms with Gasteiger partial charge in [0.05, 0.1) is 6.42 Å². The minimum Gasteiger partial charge on any atom is -0.481 e. The van der Waals surface area contributed by atoms with E-state index < -0.39 is 11.6 Å². The topological polar surface area (TPSA) is 70.7 Å². The first-order chi connectivity index (χ1) is 7.42. The quantitative estimate of drug-likeness (QED) is 0.823. The lowest BCUT2D eigenvalue weighted by Gasteiger charge is -2.19. The van der Waals surface area contributed by atoms with E-state index in [1.54, 1.807) is 6.07 Å². The van der Waals surface area contributed by atoms with Gasteiger partial charge in [0, 0.05) is 17.9 Å². The maximum Gasteiger partial charge on any atom is 0.306 e. The van der Waals surface area contributed by atoms with Gasteiger partial charge in [0.2, 0.25) is 0 Å². The minimum absolute atomic E-state index is 0.250. The summed E-state index contributed by atoms with van der Waals surface area (Å²) in [7, 11) is 0. The van der Waals surface area contributed by atoms with E-state index in [4.69, 9.17) is 9.52 Å². The molecule has 1 atom stereocenters. The number of aliphatic hydroxyl groups is 1. The first-order valence-corrected chi connectivity index (χ1v) is 5.49. The molecule has 4 heteroatoms. The molecule has 0 aromatic carbocycles. The molecule has 0 fully saturated rings. The van der Waals surface area contributed by atoms with Crippen LogP contribution < -0.4 is 0 Å². The zero-order valence-corrected chi connectivity index (χ0v) is 9.49. The van der Waals surface area contributed by atoms with Gasteiger partial charge in [-0.25, -0.2) is 0 Å². The zero-order chi connectivity index (χ0) is 11.9. The van der Waals surface area contributed by atoms with Crippen molar-refractivity contribution in [1.29, 1.82) is 0 Å². The van der Waals surface area contributed by atoms with E-state index in [1.165, 1.54) is 0 Å². The van der Waals surface area contributed by atoms with Crippen LogP contribution in [0.25, 0.3) is 0 Å². The summed E-state index contributed by atoms with van der Waals surface area (Å²) in [5.41, 5.74) is -0.573. The van der Waals surface area contributed by atoms with Crippen molar-refractivity contribution in [2.75, 3.05) is 0 Å². The highest BCUT2D eigenvalue weighted by molar-refractivity contribution is 5.69. The Balaban J connectivity index is 2.34. The number of hydrogen-bond acceptors (Lipinski definition) is 3. The van der Waals surface area contributed by atoms with Crippen molar-refractivity contribution in [2.24, 2.45) is 0 Å². The van der Waals surface area contributed by atoms with Crippen LogP contribution >= 0.6 is 0 Å². The Bertz CT molecular complexity index is 419. The number of carbonyl (C=O) groups is 1. The summed E-state index contributed by atoms with van der Waals surface area (Å²) in [6.07, 6.45) is 0.800. The van der Waals surface area contributed by atoms with Gasteiger partial charge in [-0.05, 0) is 12.5 Å². The number of rotatable bonds is 3. The van der Waals surface area contributed by atoms with E-state index in [0.29, 0.717) is 18.4 Å². The van der Waals surface area contributed by atoms with Crippen LogP contribution in [0, 0.1) is 0 Å². The predicted molar refractivity (Wildman–Crippen MR) is 57.3 cm³/mol. The van der Waals surface area contributed by atoms with Gasteiger partial charge in [-0.3, -0.25) is 4.79 Å². The molecule has 1 heterocycles. The van der Waals surface area contributed by atoms with E-state index in [1.807, 2.05) is 13.8 Å². The number of carboxylic acids is 1. The normalized spacial score (nSPS) is 23.8. The summed E-state index contributed by atoms with van der Waals surface area (Å²) in [6, 6.07) is 1.80. The van der Waals surface area contributed by atoms with Crippen molar-refractivity contribution in [1.82, 2.24) is 0 Å². The summed E-state index contributed by atoms with van der Waals surface area (Å²) in [4.78, 5) is 10.7. The molecular weight excluding hydrogens is 208 g/mol. The Hall–Kier alpha value is -1.29. The predicted octanol–water partition coefficient (Wildman–Crippen LogP) is 2.01. The Labute approximate surface area is 93.9 Å². The molecule has 0 amide bonds. The van der Waals surface area contributed by atoms with E-state index in [0.717, 1.165) is 11.5 Å². The highest BCUT2D eigenvalue weighted by Crippen LogP contribution is 2.42. The summed E-state index contributed by atoms with van der Waals surface area (Å²) in [6.45, 7) is 4.01. The van der Waals surface area contributed by atoms with Crippen LogP contribution in [0.3, 0.4) is 0 Å². The minimum atomic E-state index is -1.24. The molecule has 1 aliphatic carbocycles. The molecule has 0 aliphatic heterocycles. The van der Waals surface area contributed by atoms with Gasteiger partial charge >= 0.3 is 5.97 Å². The SMILES string of the molecule is CC(C)c1cc2c(o1)CCC2(O)CC(=O)O. The van der Waals surface area contributed by atoms with Crippen LogP contribution in [0.15, 0.2) is 10.5 Å². The molecule has 4 nitrogen and oxygen atoms in total. The van der Waals surface area contributed by atoms with Crippen LogP contribution in [0.1, 0.15) is 49.7 Å². The maximum atomic E-state index is 10.7. The summed E-state index contributed by atoms with van der Waals surface area (Å²) < 4.78 is 5.61. The monoisotopic (exact) mass is 224 g/mol. The van der Waals surface area contributed by atoms with Crippen LogP contribution in [0.5, 0.6) is 0 Å². The highest BCUT2D eigenvalue weighted by atomic mass is 16.4. The number of hydrogen-bond donors (Lipinski definition) is 2. The Morgan fingerprint density at radius 3 is 2.88 bits per heavy atom. The molecule has 0 saturated carbocycles. The summed E-state index contributed by atoms with van der Waals surface area (Å²) >= 11 is 0. The largest absolute Gasteiger partial charge is 0.481 e. The fourth-order valence-electron chi connectivity index (χ4n) is 2.20. The average molecular weight is 224 g/mol. The molecule has 2 rings (SSSR count). The van der Waals surface area contributed by atoms with Crippen molar-refractivity contribution >= 4 is 5.97 Å². The lowest BCUT2D eigenvalue weighted by molar-refractivity contribution is -0.142. The number of furan rings is 1. The van der Waals surface area contributed by atoms with E-state index in [-0.39, 0.29) is 12.3 Å². The molecule has 1 aliphatic rings. The molecule has 0 bridgehead atoms. The smallest absolute Gasteiger partial charge is 0.306 e. The standard InChI is InChI=1S/C12H16O4/c1-7(2)10-5-8-9(16-10)3-4-12(8,15)6-11(13)14/h5,7,15H,3-4,6H2,1-2H3,(H,13,14). The first-order valence-electron chi connectivity index (χ1n) is 5.49. The number of aryl methyl sites for hydroxylation is 1. The molecule has 2 N–H and O–H groups in total. The van der Waals surface area contributed by atoms with Crippen molar-refractivity contribution in [3.63, 3.8) is 0 Å². The zero-order valence-electron chi connectivity index (χ0n) is 9.49. The van der Waals surface area contributed by atoms with Gasteiger partial charge in [0.1, 0.15) is 17.1 Å². The molecule has 88 valence electrons. The van der Waals surface area contributed by atoms with Gasteiger partial charge in [-0.2, -0.15) is 0 Å². The lowest BCUT2D eigenvalue weighted by atomic mass is 9.93. The average Bonchev–Trinajstić information content (AvgIpc) is 2.67. The summed E-state index contributed by atoms with van der Waals surface area (Å²) in [5, 5.41) is 19.1. The molecule has 0 radical (unpaired) electrons. The van der Waals surface area contributed by atoms with Gasteiger partial charge in [0.25, 0.3) is 0 Å². The lowest BCUT2D eigenvalue weighted by Crippen LogP contribution is -2.25. The van der Waals surface area contributed by atoms with E-state index in [9.17, 15) is 9.90 Å². The van der Waals surface area contributed by atoms with Crippen molar-refractivity contribution in [2.45, 2.75) is 44.6 Å². The van der Waals surface area contributed by atoms with E-state index >= 15 is 0 Å². The van der Waals surface area contributed by atoms with Crippen LogP contribution in [0.2, 0.25) is 0 Å². The van der Waals surface area contributed by atoms with Crippen LogP contribution in [0.4, 0.5) is 0 Å². The Kier molecular flexibility index (Phi) is 2.54. The fourth-order valence-corrected chi connectivity index (χ4v) is 2.20. The summed E-state index contributed by atoms with van der Waals surface area (Å²) in [5.74, 6) is 0.822. The van der Waals surface area contributed by atoms with Crippen molar-refractivity contribution < 1.29 is 19.4 Å². The van der Waals surface area contributed by atoms with Crippen LogP contribution in [-0.2, 0) is 16.8 Å². The third kappa shape index (κ3) is 1.73. The number of aliphatic carboxylic acids is 1. The second-order valence-electron chi connectivity index (χ2n) is 4.74. The fraction of sp³-hybridized carbons (Fsp3) is 0.583. The van der Waals surface area contributed by atoms with E-state index in [2.05, 4.69) is 0 Å².